The molecule has 2 aromatic heterocycles. The van der Waals surface area contributed by atoms with Crippen LogP contribution in [0.2, 0.25) is 0 Å². The summed E-state index contributed by atoms with van der Waals surface area (Å²) in [7, 11) is 3.51. The van der Waals surface area contributed by atoms with Gasteiger partial charge in [-0.1, -0.05) is 12.1 Å². The average molecular weight is 351 g/mol. The van der Waals surface area contributed by atoms with E-state index in [9.17, 15) is 4.79 Å². The summed E-state index contributed by atoms with van der Waals surface area (Å²) >= 11 is 0. The number of aromatic nitrogens is 2. The van der Waals surface area contributed by atoms with E-state index >= 15 is 0 Å². The number of benzene rings is 1. The molecule has 6 nitrogen and oxygen atoms in total. The molecule has 0 saturated heterocycles. The first-order chi connectivity index (χ1) is 12.6. The molecule has 0 saturated carbocycles. The van der Waals surface area contributed by atoms with Crippen molar-refractivity contribution in [2.24, 2.45) is 7.05 Å². The molecule has 0 aliphatic carbocycles. The molecule has 1 aromatic carbocycles. The Labute approximate surface area is 152 Å². The molecule has 2 heterocycles. The van der Waals surface area contributed by atoms with Gasteiger partial charge in [-0.25, -0.2) is 4.98 Å². The summed E-state index contributed by atoms with van der Waals surface area (Å²) in [6.07, 6.45) is 6.66. The van der Waals surface area contributed by atoms with E-state index in [1.807, 2.05) is 61.1 Å². The first-order valence-corrected chi connectivity index (χ1v) is 8.23. The highest BCUT2D eigenvalue weighted by Gasteiger charge is 2.20. The van der Waals surface area contributed by atoms with Crippen LogP contribution in [-0.4, -0.2) is 22.6 Å². The zero-order valence-electron chi connectivity index (χ0n) is 15.0. The van der Waals surface area contributed by atoms with Crippen molar-refractivity contribution in [3.05, 3.63) is 77.8 Å². The second-order valence-corrected chi connectivity index (χ2v) is 5.89. The number of imidazole rings is 1. The van der Waals surface area contributed by atoms with Crippen molar-refractivity contribution in [1.29, 1.82) is 0 Å². The Kier molecular flexibility index (Phi) is 5.22. The number of ether oxygens (including phenoxy) is 1. The number of methoxy groups -OCH3 is 1. The Morgan fingerprint density at radius 1 is 1.27 bits per heavy atom. The molecule has 0 fully saturated rings. The molecule has 0 aliphatic heterocycles. The fourth-order valence-electron chi connectivity index (χ4n) is 2.64. The zero-order chi connectivity index (χ0) is 18.5. The Morgan fingerprint density at radius 3 is 2.62 bits per heavy atom. The smallest absolute Gasteiger partial charge is 0.244 e. The Bertz CT molecular complexity index is 907. The second-order valence-electron chi connectivity index (χ2n) is 5.89. The number of nitrogens with one attached hydrogen (secondary N) is 1. The summed E-state index contributed by atoms with van der Waals surface area (Å²) in [4.78, 5) is 16.8. The number of aryl methyl sites for hydroxylation is 2. The van der Waals surface area contributed by atoms with Gasteiger partial charge in [0.05, 0.1) is 7.11 Å². The quantitative estimate of drug-likeness (QED) is 0.692. The van der Waals surface area contributed by atoms with Gasteiger partial charge in [0.1, 0.15) is 29.1 Å². The molecule has 134 valence electrons. The number of carbonyl (C=O) groups excluding carboxylic acids is 1. The lowest BCUT2D eigenvalue weighted by Gasteiger charge is -2.18. The SMILES string of the molecule is COc1ccc(C(NC(=O)/C=C/c2ccc(C)o2)c2nccn2C)cc1. The van der Waals surface area contributed by atoms with Crippen LogP contribution in [0.15, 0.2) is 59.3 Å². The normalized spacial score (nSPS) is 12.3. The third-order valence-electron chi connectivity index (χ3n) is 4.01. The standard InChI is InChI=1S/C20H21N3O3/c1-14-4-7-17(26-14)10-11-18(24)22-19(20-21-12-13-23(20)2)15-5-8-16(25-3)9-6-15/h4-13,19H,1-3H3,(H,22,24)/b11-10+. The number of amides is 1. The number of hydrogen-bond donors (Lipinski definition) is 1. The predicted octanol–water partition coefficient (Wildman–Crippen LogP) is 3.25. The predicted molar refractivity (Wildman–Crippen MR) is 98.7 cm³/mol. The van der Waals surface area contributed by atoms with Gasteiger partial charge in [-0.05, 0) is 42.8 Å². The maximum Gasteiger partial charge on any atom is 0.244 e. The molecule has 1 atom stereocenters. The van der Waals surface area contributed by atoms with Gasteiger partial charge in [-0.2, -0.15) is 0 Å². The van der Waals surface area contributed by atoms with Gasteiger partial charge < -0.3 is 19.0 Å². The van der Waals surface area contributed by atoms with E-state index in [0.29, 0.717) is 5.76 Å². The molecule has 26 heavy (non-hydrogen) atoms. The van der Waals surface area contributed by atoms with E-state index in [1.165, 1.54) is 6.08 Å². The number of carbonyl (C=O) groups is 1. The van der Waals surface area contributed by atoms with Crippen molar-refractivity contribution in [3.8, 4) is 5.75 Å². The van der Waals surface area contributed by atoms with Gasteiger partial charge in [-0.3, -0.25) is 4.79 Å². The molecule has 0 spiro atoms. The van der Waals surface area contributed by atoms with Gasteiger partial charge in [0.25, 0.3) is 0 Å². The summed E-state index contributed by atoms with van der Waals surface area (Å²) in [5.74, 6) is 2.70. The van der Waals surface area contributed by atoms with E-state index < -0.39 is 0 Å². The number of hydrogen-bond acceptors (Lipinski definition) is 4. The van der Waals surface area contributed by atoms with Crippen molar-refractivity contribution >= 4 is 12.0 Å². The summed E-state index contributed by atoms with van der Waals surface area (Å²) < 4.78 is 12.5. The molecular formula is C20H21N3O3. The van der Waals surface area contributed by atoms with Gasteiger partial charge in [0.15, 0.2) is 0 Å². The van der Waals surface area contributed by atoms with Gasteiger partial charge >= 0.3 is 0 Å². The molecule has 0 aliphatic rings. The van der Waals surface area contributed by atoms with Crippen molar-refractivity contribution in [2.75, 3.05) is 7.11 Å². The van der Waals surface area contributed by atoms with E-state index in [2.05, 4.69) is 10.3 Å². The van der Waals surface area contributed by atoms with Crippen molar-refractivity contribution in [3.63, 3.8) is 0 Å². The average Bonchev–Trinajstić information content (AvgIpc) is 3.26. The lowest BCUT2D eigenvalue weighted by molar-refractivity contribution is -0.117. The monoisotopic (exact) mass is 351 g/mol. The van der Waals surface area contributed by atoms with E-state index in [-0.39, 0.29) is 11.9 Å². The van der Waals surface area contributed by atoms with Gasteiger partial charge in [-0.15, -0.1) is 0 Å². The maximum absolute atomic E-state index is 12.4. The highest BCUT2D eigenvalue weighted by atomic mass is 16.5. The molecule has 3 rings (SSSR count). The van der Waals surface area contributed by atoms with E-state index in [4.69, 9.17) is 9.15 Å². The highest BCUT2D eigenvalue weighted by Crippen LogP contribution is 2.23. The van der Waals surface area contributed by atoms with Crippen LogP contribution in [0.4, 0.5) is 0 Å². The third kappa shape index (κ3) is 4.03. The van der Waals surface area contributed by atoms with E-state index in [1.54, 1.807) is 19.4 Å². The molecular weight excluding hydrogens is 330 g/mol. The molecule has 3 aromatic rings. The summed E-state index contributed by atoms with van der Waals surface area (Å²) in [6, 6.07) is 10.8. The fourth-order valence-corrected chi connectivity index (χ4v) is 2.64. The molecule has 1 unspecified atom stereocenters. The third-order valence-corrected chi connectivity index (χ3v) is 4.01. The number of furan rings is 1. The summed E-state index contributed by atoms with van der Waals surface area (Å²) in [6.45, 7) is 1.86. The first-order valence-electron chi connectivity index (χ1n) is 8.23. The highest BCUT2D eigenvalue weighted by molar-refractivity contribution is 5.91. The van der Waals surface area contributed by atoms with Crippen molar-refractivity contribution in [1.82, 2.24) is 14.9 Å². The van der Waals surface area contributed by atoms with Crippen molar-refractivity contribution < 1.29 is 13.9 Å². The Balaban J connectivity index is 1.82. The summed E-state index contributed by atoms with van der Waals surface area (Å²) in [5, 5.41) is 3.00. The lowest BCUT2D eigenvalue weighted by atomic mass is 10.1. The maximum atomic E-state index is 12.4. The molecule has 0 bridgehead atoms. The molecule has 0 radical (unpaired) electrons. The Hall–Kier alpha value is -3.28. The largest absolute Gasteiger partial charge is 0.497 e. The zero-order valence-corrected chi connectivity index (χ0v) is 15.0. The van der Waals surface area contributed by atoms with Crippen LogP contribution in [0.1, 0.15) is 29.0 Å². The minimum atomic E-state index is -0.378. The van der Waals surface area contributed by atoms with Crippen LogP contribution in [0, 0.1) is 6.92 Å². The molecule has 6 heteroatoms. The van der Waals surface area contributed by atoms with Gasteiger partial charge in [0, 0.05) is 25.5 Å². The van der Waals surface area contributed by atoms with Crippen LogP contribution in [0.25, 0.3) is 6.08 Å². The van der Waals surface area contributed by atoms with Gasteiger partial charge in [0.2, 0.25) is 5.91 Å². The number of rotatable bonds is 6. The van der Waals surface area contributed by atoms with Crippen LogP contribution >= 0.6 is 0 Å². The van der Waals surface area contributed by atoms with E-state index in [0.717, 1.165) is 22.9 Å². The minimum absolute atomic E-state index is 0.233. The molecule has 1 N–H and O–H groups in total. The molecule has 1 amide bonds. The topological polar surface area (TPSA) is 69.3 Å². The number of nitrogens with zero attached hydrogens (tertiary/aromatic N) is 2. The lowest BCUT2D eigenvalue weighted by Crippen LogP contribution is -2.29. The second kappa shape index (κ2) is 7.74. The Morgan fingerprint density at radius 2 is 2.04 bits per heavy atom. The van der Waals surface area contributed by atoms with Crippen LogP contribution in [0.5, 0.6) is 5.75 Å². The van der Waals surface area contributed by atoms with Crippen LogP contribution < -0.4 is 10.1 Å². The minimum Gasteiger partial charge on any atom is -0.497 e. The first kappa shape index (κ1) is 17.5. The van der Waals surface area contributed by atoms with Crippen molar-refractivity contribution in [2.45, 2.75) is 13.0 Å². The van der Waals surface area contributed by atoms with Crippen LogP contribution in [0.3, 0.4) is 0 Å². The summed E-state index contributed by atoms with van der Waals surface area (Å²) in [5.41, 5.74) is 0.913. The van der Waals surface area contributed by atoms with Crippen LogP contribution in [-0.2, 0) is 11.8 Å². The fraction of sp³-hybridized carbons (Fsp3) is 0.200.